The normalized spacial score (nSPS) is 9.76. The van der Waals surface area contributed by atoms with E-state index >= 15 is 0 Å². The van der Waals surface area contributed by atoms with Gasteiger partial charge in [0.15, 0.2) is 0 Å². The third kappa shape index (κ3) is 3.18. The first-order valence-corrected chi connectivity index (χ1v) is 5.59. The Morgan fingerprint density at radius 3 is 2.82 bits per heavy atom. The number of rotatable bonds is 4. The minimum atomic E-state index is -0.696. The summed E-state index contributed by atoms with van der Waals surface area (Å²) in [4.78, 5) is 11.3. The molecule has 0 saturated carbocycles. The SMILES string of the molecule is CCOC(=O)Cc1c(CCl)ccc(C#N)c1F. The van der Waals surface area contributed by atoms with E-state index < -0.39 is 11.8 Å². The van der Waals surface area contributed by atoms with Gasteiger partial charge in [0.2, 0.25) is 0 Å². The molecule has 0 aliphatic heterocycles. The van der Waals surface area contributed by atoms with Crippen LogP contribution in [0.15, 0.2) is 12.1 Å². The van der Waals surface area contributed by atoms with Gasteiger partial charge in [-0.3, -0.25) is 4.79 Å². The second-order valence-electron chi connectivity index (χ2n) is 3.29. The summed E-state index contributed by atoms with van der Waals surface area (Å²) in [5.74, 6) is -1.15. The zero-order chi connectivity index (χ0) is 12.8. The van der Waals surface area contributed by atoms with E-state index in [-0.39, 0.29) is 30.0 Å². The van der Waals surface area contributed by atoms with E-state index in [0.717, 1.165) is 0 Å². The topological polar surface area (TPSA) is 50.1 Å². The van der Waals surface area contributed by atoms with Crippen LogP contribution in [0, 0.1) is 17.1 Å². The molecule has 0 atom stereocenters. The monoisotopic (exact) mass is 255 g/mol. The van der Waals surface area contributed by atoms with Crippen molar-refractivity contribution in [2.45, 2.75) is 19.2 Å². The van der Waals surface area contributed by atoms with Gasteiger partial charge in [0.1, 0.15) is 11.9 Å². The fourth-order valence-electron chi connectivity index (χ4n) is 1.42. The van der Waals surface area contributed by atoms with E-state index in [9.17, 15) is 9.18 Å². The highest BCUT2D eigenvalue weighted by Crippen LogP contribution is 2.20. The van der Waals surface area contributed by atoms with Crippen LogP contribution in [0.2, 0.25) is 0 Å². The Hall–Kier alpha value is -1.60. The molecule has 0 aromatic heterocycles. The third-order valence-corrected chi connectivity index (χ3v) is 2.52. The lowest BCUT2D eigenvalue weighted by Crippen LogP contribution is -2.11. The minimum absolute atomic E-state index is 0.0807. The second-order valence-corrected chi connectivity index (χ2v) is 3.56. The smallest absolute Gasteiger partial charge is 0.310 e. The highest BCUT2D eigenvalue weighted by Gasteiger charge is 2.16. The van der Waals surface area contributed by atoms with Crippen molar-refractivity contribution in [1.82, 2.24) is 0 Å². The predicted octanol–water partition coefficient (Wildman–Crippen LogP) is 2.54. The number of esters is 1. The molecule has 0 aliphatic carbocycles. The van der Waals surface area contributed by atoms with Crippen molar-refractivity contribution in [1.29, 1.82) is 5.26 Å². The van der Waals surface area contributed by atoms with Gasteiger partial charge in [0, 0.05) is 11.4 Å². The molecule has 0 heterocycles. The molecule has 1 aromatic carbocycles. The number of hydrogen-bond donors (Lipinski definition) is 0. The lowest BCUT2D eigenvalue weighted by atomic mass is 10.0. The van der Waals surface area contributed by atoms with Crippen LogP contribution in [0.3, 0.4) is 0 Å². The van der Waals surface area contributed by atoms with Crippen LogP contribution in [0.5, 0.6) is 0 Å². The van der Waals surface area contributed by atoms with Crippen molar-refractivity contribution in [2.75, 3.05) is 6.61 Å². The van der Waals surface area contributed by atoms with Crippen LogP contribution < -0.4 is 0 Å². The summed E-state index contributed by atoms with van der Waals surface area (Å²) in [5, 5.41) is 8.70. The van der Waals surface area contributed by atoms with Gasteiger partial charge >= 0.3 is 5.97 Å². The molecule has 0 unspecified atom stereocenters. The van der Waals surface area contributed by atoms with Crippen molar-refractivity contribution >= 4 is 17.6 Å². The number of nitrogens with zero attached hydrogens (tertiary/aromatic N) is 1. The van der Waals surface area contributed by atoms with Crippen molar-refractivity contribution in [3.8, 4) is 6.07 Å². The summed E-state index contributed by atoms with van der Waals surface area (Å²) in [6.07, 6.45) is -0.211. The predicted molar refractivity (Wildman–Crippen MR) is 61.0 cm³/mol. The Labute approximate surface area is 104 Å². The largest absolute Gasteiger partial charge is 0.466 e. The molecule has 1 rings (SSSR count). The van der Waals surface area contributed by atoms with Crippen LogP contribution in [0.4, 0.5) is 4.39 Å². The van der Waals surface area contributed by atoms with Gasteiger partial charge in [0.05, 0.1) is 18.6 Å². The number of ether oxygens (including phenoxy) is 1. The average molecular weight is 256 g/mol. The first kappa shape index (κ1) is 13.5. The van der Waals surface area contributed by atoms with E-state index in [4.69, 9.17) is 21.6 Å². The molecule has 17 heavy (non-hydrogen) atoms. The second kappa shape index (κ2) is 6.21. The summed E-state index contributed by atoms with van der Waals surface area (Å²) in [7, 11) is 0. The minimum Gasteiger partial charge on any atom is -0.466 e. The van der Waals surface area contributed by atoms with Gasteiger partial charge in [-0.2, -0.15) is 5.26 Å². The number of hydrogen-bond acceptors (Lipinski definition) is 3. The molecule has 3 nitrogen and oxygen atoms in total. The molecule has 0 bridgehead atoms. The molecule has 0 N–H and O–H groups in total. The van der Waals surface area contributed by atoms with Crippen LogP contribution >= 0.6 is 11.6 Å². The van der Waals surface area contributed by atoms with E-state index in [1.165, 1.54) is 6.07 Å². The molecule has 0 spiro atoms. The van der Waals surface area contributed by atoms with E-state index in [0.29, 0.717) is 5.56 Å². The van der Waals surface area contributed by atoms with Crippen molar-refractivity contribution < 1.29 is 13.9 Å². The lowest BCUT2D eigenvalue weighted by Gasteiger charge is -2.09. The number of nitriles is 1. The quantitative estimate of drug-likeness (QED) is 0.614. The molecule has 0 radical (unpaired) electrons. The standard InChI is InChI=1S/C12H11ClFNO2/c1-2-17-11(16)5-10-8(6-13)3-4-9(7-15)12(10)14/h3-4H,2,5-6H2,1H3. The highest BCUT2D eigenvalue weighted by molar-refractivity contribution is 6.17. The molecule has 5 heteroatoms. The maximum Gasteiger partial charge on any atom is 0.310 e. The van der Waals surface area contributed by atoms with Gasteiger partial charge in [-0.15, -0.1) is 11.6 Å². The Morgan fingerprint density at radius 1 is 1.59 bits per heavy atom. The van der Waals surface area contributed by atoms with Gasteiger partial charge in [-0.1, -0.05) is 6.07 Å². The van der Waals surface area contributed by atoms with Gasteiger partial charge in [-0.05, 0) is 18.6 Å². The van der Waals surface area contributed by atoms with Crippen LogP contribution in [-0.2, 0) is 21.8 Å². The number of halogens is 2. The Bertz CT molecular complexity index is 468. The first-order chi connectivity index (χ1) is 8.13. The van der Waals surface area contributed by atoms with Crippen molar-refractivity contribution in [2.24, 2.45) is 0 Å². The summed E-state index contributed by atoms with van der Waals surface area (Å²) in [6, 6.07) is 4.62. The number of carbonyl (C=O) groups excluding carboxylic acids is 1. The zero-order valence-corrected chi connectivity index (χ0v) is 10.1. The molecule has 0 saturated heterocycles. The Balaban J connectivity index is 3.11. The maximum absolute atomic E-state index is 13.8. The van der Waals surface area contributed by atoms with Gasteiger partial charge in [-0.25, -0.2) is 4.39 Å². The Morgan fingerprint density at radius 2 is 2.29 bits per heavy atom. The van der Waals surface area contributed by atoms with E-state index in [1.807, 2.05) is 0 Å². The number of carbonyl (C=O) groups is 1. The Kier molecular flexibility index (Phi) is 4.92. The molecule has 1 aromatic rings. The van der Waals surface area contributed by atoms with Gasteiger partial charge < -0.3 is 4.74 Å². The fourth-order valence-corrected chi connectivity index (χ4v) is 1.67. The average Bonchev–Trinajstić information content (AvgIpc) is 2.32. The molecular weight excluding hydrogens is 245 g/mol. The number of alkyl halides is 1. The summed E-state index contributed by atoms with van der Waals surface area (Å²) < 4.78 is 18.6. The molecule has 0 aliphatic rings. The molecule has 90 valence electrons. The first-order valence-electron chi connectivity index (χ1n) is 5.06. The third-order valence-electron chi connectivity index (χ3n) is 2.23. The van der Waals surface area contributed by atoms with Crippen LogP contribution in [0.25, 0.3) is 0 Å². The summed E-state index contributed by atoms with van der Waals surface area (Å²) >= 11 is 5.66. The number of benzene rings is 1. The van der Waals surface area contributed by atoms with Crippen LogP contribution in [-0.4, -0.2) is 12.6 Å². The maximum atomic E-state index is 13.8. The molecular formula is C12H11ClFNO2. The van der Waals surface area contributed by atoms with Crippen LogP contribution in [0.1, 0.15) is 23.6 Å². The fraction of sp³-hybridized carbons (Fsp3) is 0.333. The van der Waals surface area contributed by atoms with E-state index in [1.54, 1.807) is 19.1 Å². The lowest BCUT2D eigenvalue weighted by molar-refractivity contribution is -0.142. The summed E-state index contributed by atoms with van der Waals surface area (Å²) in [5.41, 5.74) is 0.534. The van der Waals surface area contributed by atoms with Crippen molar-refractivity contribution in [3.05, 3.63) is 34.6 Å². The van der Waals surface area contributed by atoms with Crippen molar-refractivity contribution in [3.63, 3.8) is 0 Å². The zero-order valence-electron chi connectivity index (χ0n) is 9.30. The molecule has 0 fully saturated rings. The molecule has 0 amide bonds. The van der Waals surface area contributed by atoms with E-state index in [2.05, 4.69) is 0 Å². The highest BCUT2D eigenvalue weighted by atomic mass is 35.5. The summed E-state index contributed by atoms with van der Waals surface area (Å²) in [6.45, 7) is 1.90. The van der Waals surface area contributed by atoms with Gasteiger partial charge in [0.25, 0.3) is 0 Å².